The molecule has 0 aromatic carbocycles. The molecule has 0 spiro atoms. The van der Waals surface area contributed by atoms with E-state index in [0.29, 0.717) is 16.3 Å². The number of carbonyl (C=O) groups is 2. The van der Waals surface area contributed by atoms with Gasteiger partial charge in [0.1, 0.15) is 10.7 Å². The first kappa shape index (κ1) is 14.7. The fourth-order valence-electron chi connectivity index (χ4n) is 2.06. The molecule has 3 rings (SSSR count). The predicted octanol–water partition coefficient (Wildman–Crippen LogP) is 3.11. The second-order valence-electron chi connectivity index (χ2n) is 4.70. The number of anilines is 1. The quantitative estimate of drug-likeness (QED) is 0.747. The van der Waals surface area contributed by atoms with Gasteiger partial charge in [-0.3, -0.25) is 9.20 Å². The molecule has 0 aliphatic rings. The molecule has 8 heteroatoms. The number of imidazole rings is 1. The van der Waals surface area contributed by atoms with Crippen molar-refractivity contribution in [3.8, 4) is 0 Å². The lowest BCUT2D eigenvalue weighted by atomic mass is 10.3. The number of nitrogens with zero attached hydrogens (tertiary/aromatic N) is 2. The fourth-order valence-corrected chi connectivity index (χ4v) is 3.76. The number of thiazole rings is 1. The molecule has 0 radical (unpaired) electrons. The van der Waals surface area contributed by atoms with E-state index in [1.165, 1.54) is 29.8 Å². The number of esters is 1. The summed E-state index contributed by atoms with van der Waals surface area (Å²) in [6.07, 6.45) is 3.59. The molecule has 114 valence electrons. The zero-order valence-electron chi connectivity index (χ0n) is 12.2. The van der Waals surface area contributed by atoms with Crippen LogP contribution in [0.2, 0.25) is 0 Å². The lowest BCUT2D eigenvalue weighted by molar-refractivity contribution is 0.0602. The van der Waals surface area contributed by atoms with Crippen molar-refractivity contribution in [1.29, 1.82) is 0 Å². The monoisotopic (exact) mass is 335 g/mol. The average molecular weight is 335 g/mol. The molecule has 1 amide bonds. The van der Waals surface area contributed by atoms with Crippen LogP contribution >= 0.6 is 22.7 Å². The van der Waals surface area contributed by atoms with Crippen LogP contribution in [-0.4, -0.2) is 28.4 Å². The van der Waals surface area contributed by atoms with Crippen LogP contribution < -0.4 is 5.32 Å². The Morgan fingerprint density at radius 3 is 2.68 bits per heavy atom. The molecule has 6 nitrogen and oxygen atoms in total. The Kier molecular flexibility index (Phi) is 3.71. The van der Waals surface area contributed by atoms with Crippen LogP contribution in [0.5, 0.6) is 0 Å². The number of hydrogen-bond acceptors (Lipinski definition) is 6. The van der Waals surface area contributed by atoms with E-state index < -0.39 is 5.97 Å². The molecule has 0 aliphatic carbocycles. The van der Waals surface area contributed by atoms with Gasteiger partial charge in [-0.2, -0.15) is 0 Å². The summed E-state index contributed by atoms with van der Waals surface area (Å²) in [4.78, 5) is 31.1. The number of thiophene rings is 1. The Hall–Kier alpha value is -2.19. The van der Waals surface area contributed by atoms with Crippen molar-refractivity contribution in [3.05, 3.63) is 39.5 Å². The van der Waals surface area contributed by atoms with Gasteiger partial charge in [0, 0.05) is 22.1 Å². The maximum absolute atomic E-state index is 12.3. The third-order valence-corrected chi connectivity index (χ3v) is 4.87. The molecule has 0 fully saturated rings. The Morgan fingerprint density at radius 1 is 1.23 bits per heavy atom. The highest BCUT2D eigenvalue weighted by Gasteiger charge is 2.19. The maximum atomic E-state index is 12.3. The van der Waals surface area contributed by atoms with Gasteiger partial charge in [0.15, 0.2) is 4.96 Å². The van der Waals surface area contributed by atoms with Crippen LogP contribution in [-0.2, 0) is 4.74 Å². The number of hydrogen-bond donors (Lipinski definition) is 1. The van der Waals surface area contributed by atoms with E-state index in [9.17, 15) is 9.59 Å². The summed E-state index contributed by atoms with van der Waals surface area (Å²) >= 11 is 2.84. The molecular formula is C14H13N3O3S2. The largest absolute Gasteiger partial charge is 0.465 e. The molecule has 0 saturated carbocycles. The summed E-state index contributed by atoms with van der Waals surface area (Å²) in [5.41, 5.74) is 0.670. The van der Waals surface area contributed by atoms with E-state index in [4.69, 9.17) is 4.74 Å². The molecular weight excluding hydrogens is 322 g/mol. The zero-order valence-corrected chi connectivity index (χ0v) is 13.8. The molecule has 22 heavy (non-hydrogen) atoms. The minimum atomic E-state index is -0.471. The van der Waals surface area contributed by atoms with Crippen LogP contribution in [0.1, 0.15) is 30.6 Å². The number of ether oxygens (including phenoxy) is 1. The lowest BCUT2D eigenvalue weighted by Crippen LogP contribution is -2.14. The van der Waals surface area contributed by atoms with Gasteiger partial charge >= 0.3 is 5.97 Å². The summed E-state index contributed by atoms with van der Waals surface area (Å²) in [7, 11) is 1.31. The number of rotatable bonds is 3. The fraction of sp³-hybridized carbons (Fsp3) is 0.214. The molecule has 3 aromatic heterocycles. The molecule has 3 aromatic rings. The van der Waals surface area contributed by atoms with E-state index in [0.717, 1.165) is 14.7 Å². The Balaban J connectivity index is 1.87. The van der Waals surface area contributed by atoms with Crippen LogP contribution in [0.15, 0.2) is 18.5 Å². The second kappa shape index (κ2) is 5.54. The maximum Gasteiger partial charge on any atom is 0.340 e. The summed E-state index contributed by atoms with van der Waals surface area (Å²) in [5, 5.41) is 3.21. The van der Waals surface area contributed by atoms with Gasteiger partial charge in [-0.1, -0.05) is 0 Å². The van der Waals surface area contributed by atoms with Crippen LogP contribution in [0.4, 0.5) is 5.00 Å². The average Bonchev–Trinajstić information content (AvgIpc) is 3.10. The number of fused-ring (bicyclic) bond motifs is 1. The molecule has 0 aliphatic heterocycles. The first-order chi connectivity index (χ1) is 10.5. The van der Waals surface area contributed by atoms with Crippen LogP contribution in [0.3, 0.4) is 0 Å². The molecule has 3 heterocycles. The van der Waals surface area contributed by atoms with E-state index in [-0.39, 0.29) is 5.91 Å². The van der Waals surface area contributed by atoms with E-state index >= 15 is 0 Å². The number of amides is 1. The molecule has 0 unspecified atom stereocenters. The standard InChI is InChI=1S/C14H13N3O3S2/c1-7-4-9(13(19)20-3)12(21-7)16-11(18)10-6-17-5-8(2)22-14(17)15-10/h4-6H,1-3H3,(H,16,18). The first-order valence-corrected chi connectivity index (χ1v) is 8.06. The Bertz CT molecular complexity index is 844. The Morgan fingerprint density at radius 2 is 2.00 bits per heavy atom. The number of aromatic nitrogens is 2. The highest BCUT2D eigenvalue weighted by atomic mass is 32.1. The highest BCUT2D eigenvalue weighted by Crippen LogP contribution is 2.28. The summed E-state index contributed by atoms with van der Waals surface area (Å²) in [6.45, 7) is 3.85. The summed E-state index contributed by atoms with van der Waals surface area (Å²) in [5.74, 6) is -0.818. The molecule has 0 bridgehead atoms. The van der Waals surface area contributed by atoms with Gasteiger partial charge in [0.25, 0.3) is 5.91 Å². The smallest absolute Gasteiger partial charge is 0.340 e. The van der Waals surface area contributed by atoms with Crippen molar-refractivity contribution in [2.45, 2.75) is 13.8 Å². The summed E-state index contributed by atoms with van der Waals surface area (Å²) in [6, 6.07) is 1.70. The first-order valence-electron chi connectivity index (χ1n) is 6.43. The molecule has 0 saturated heterocycles. The normalized spacial score (nSPS) is 10.9. The van der Waals surface area contributed by atoms with Crippen LogP contribution in [0, 0.1) is 13.8 Å². The van der Waals surface area contributed by atoms with Crippen molar-refractivity contribution in [1.82, 2.24) is 9.38 Å². The van der Waals surface area contributed by atoms with E-state index in [2.05, 4.69) is 10.3 Å². The number of methoxy groups -OCH3 is 1. The van der Waals surface area contributed by atoms with Gasteiger partial charge in [-0.05, 0) is 19.9 Å². The lowest BCUT2D eigenvalue weighted by Gasteiger charge is -2.03. The van der Waals surface area contributed by atoms with Crippen molar-refractivity contribution < 1.29 is 14.3 Å². The van der Waals surface area contributed by atoms with Crippen molar-refractivity contribution in [2.75, 3.05) is 12.4 Å². The zero-order chi connectivity index (χ0) is 15.9. The minimum Gasteiger partial charge on any atom is -0.465 e. The minimum absolute atomic E-state index is 0.313. The number of nitrogens with one attached hydrogen (secondary N) is 1. The van der Waals surface area contributed by atoms with Gasteiger partial charge in [-0.15, -0.1) is 22.7 Å². The van der Waals surface area contributed by atoms with E-state index in [1.54, 1.807) is 12.3 Å². The van der Waals surface area contributed by atoms with Crippen LogP contribution in [0.25, 0.3) is 4.96 Å². The molecule has 1 N–H and O–H groups in total. The third-order valence-electron chi connectivity index (χ3n) is 2.99. The van der Waals surface area contributed by atoms with Crippen molar-refractivity contribution in [2.24, 2.45) is 0 Å². The highest BCUT2D eigenvalue weighted by molar-refractivity contribution is 7.17. The SMILES string of the molecule is COC(=O)c1cc(C)sc1NC(=O)c1cn2cc(C)sc2n1. The van der Waals surface area contributed by atoms with Gasteiger partial charge in [-0.25, -0.2) is 9.78 Å². The third kappa shape index (κ3) is 2.62. The van der Waals surface area contributed by atoms with E-state index in [1.807, 2.05) is 24.4 Å². The van der Waals surface area contributed by atoms with Gasteiger partial charge < -0.3 is 10.1 Å². The number of carbonyl (C=O) groups excluding carboxylic acids is 2. The van der Waals surface area contributed by atoms with Gasteiger partial charge in [0.05, 0.1) is 12.7 Å². The Labute approximate surface area is 134 Å². The second-order valence-corrected chi connectivity index (χ2v) is 7.17. The molecule has 0 atom stereocenters. The van der Waals surface area contributed by atoms with Crippen molar-refractivity contribution >= 4 is 44.5 Å². The van der Waals surface area contributed by atoms with Gasteiger partial charge in [0.2, 0.25) is 0 Å². The summed E-state index contributed by atoms with van der Waals surface area (Å²) < 4.78 is 6.54. The van der Waals surface area contributed by atoms with Crippen molar-refractivity contribution in [3.63, 3.8) is 0 Å². The number of aryl methyl sites for hydroxylation is 2. The topological polar surface area (TPSA) is 72.7 Å². The predicted molar refractivity (Wildman–Crippen MR) is 86.2 cm³/mol.